The second-order valence-electron chi connectivity index (χ2n) is 4.27. The van der Waals surface area contributed by atoms with Crippen molar-refractivity contribution in [2.45, 2.75) is 25.7 Å². The number of amides is 1. The second-order valence-corrected chi connectivity index (χ2v) is 4.27. The van der Waals surface area contributed by atoms with Crippen molar-refractivity contribution < 1.29 is 4.79 Å². The maximum absolute atomic E-state index is 11.6. The Morgan fingerprint density at radius 1 is 1.53 bits per heavy atom. The van der Waals surface area contributed by atoms with Gasteiger partial charge in [0.15, 0.2) is 0 Å². The van der Waals surface area contributed by atoms with Crippen molar-refractivity contribution in [2.24, 2.45) is 5.92 Å². The predicted octanol–water partition coefficient (Wildman–Crippen LogP) is 0.590. The van der Waals surface area contributed by atoms with Crippen LogP contribution in [0.3, 0.4) is 0 Å². The molecule has 1 aromatic heterocycles. The van der Waals surface area contributed by atoms with Crippen molar-refractivity contribution in [3.05, 3.63) is 12.4 Å². The molecule has 17 heavy (non-hydrogen) atoms. The van der Waals surface area contributed by atoms with Crippen LogP contribution >= 0.6 is 0 Å². The fourth-order valence-electron chi connectivity index (χ4n) is 2.00. The smallest absolute Gasteiger partial charge is 0.249 e. The third-order valence-corrected chi connectivity index (χ3v) is 2.91. The number of aromatic nitrogens is 3. The van der Waals surface area contributed by atoms with Crippen molar-refractivity contribution in [2.75, 3.05) is 18.4 Å². The molecule has 2 N–H and O–H groups in total. The van der Waals surface area contributed by atoms with Gasteiger partial charge in [-0.15, -0.1) is 5.10 Å². The van der Waals surface area contributed by atoms with Gasteiger partial charge in [-0.3, -0.25) is 10.1 Å². The quantitative estimate of drug-likeness (QED) is 0.798. The molecule has 1 saturated heterocycles. The highest BCUT2D eigenvalue weighted by molar-refractivity contribution is 5.88. The van der Waals surface area contributed by atoms with Crippen molar-refractivity contribution in [3.63, 3.8) is 0 Å². The Balaban J connectivity index is 1.70. The van der Waals surface area contributed by atoms with Gasteiger partial charge < -0.3 is 5.32 Å². The van der Waals surface area contributed by atoms with Crippen LogP contribution in [0.4, 0.5) is 5.95 Å². The van der Waals surface area contributed by atoms with E-state index in [1.807, 2.05) is 0 Å². The molecule has 0 spiro atoms. The van der Waals surface area contributed by atoms with E-state index in [0.717, 1.165) is 19.5 Å². The SMILES string of the molecule is O=C(CCC1CCCNC1)Nc1nccnn1. The van der Waals surface area contributed by atoms with Crippen LogP contribution in [-0.4, -0.2) is 34.2 Å². The molecule has 0 aliphatic carbocycles. The summed E-state index contributed by atoms with van der Waals surface area (Å²) in [5.74, 6) is 0.854. The third kappa shape index (κ3) is 4.07. The molecule has 0 bridgehead atoms. The second kappa shape index (κ2) is 6.24. The summed E-state index contributed by atoms with van der Waals surface area (Å²) in [7, 11) is 0. The number of carbonyl (C=O) groups is 1. The van der Waals surface area contributed by atoms with Gasteiger partial charge >= 0.3 is 0 Å². The lowest BCUT2D eigenvalue weighted by Crippen LogP contribution is -2.30. The molecular weight excluding hydrogens is 218 g/mol. The lowest BCUT2D eigenvalue weighted by atomic mass is 9.94. The van der Waals surface area contributed by atoms with Crippen LogP contribution in [0.2, 0.25) is 0 Å². The van der Waals surface area contributed by atoms with Gasteiger partial charge in [-0.05, 0) is 38.3 Å². The van der Waals surface area contributed by atoms with Gasteiger partial charge in [-0.2, -0.15) is 5.10 Å². The average Bonchev–Trinajstić information content (AvgIpc) is 2.39. The number of rotatable bonds is 4. The van der Waals surface area contributed by atoms with Crippen LogP contribution in [-0.2, 0) is 4.79 Å². The van der Waals surface area contributed by atoms with E-state index in [2.05, 4.69) is 25.8 Å². The van der Waals surface area contributed by atoms with E-state index in [-0.39, 0.29) is 11.9 Å². The minimum absolute atomic E-state index is 0.0384. The van der Waals surface area contributed by atoms with Gasteiger partial charge in [0.25, 0.3) is 0 Å². The van der Waals surface area contributed by atoms with E-state index < -0.39 is 0 Å². The van der Waals surface area contributed by atoms with E-state index in [4.69, 9.17) is 0 Å². The molecule has 0 radical (unpaired) electrons. The summed E-state index contributed by atoms with van der Waals surface area (Å²) in [6.45, 7) is 2.13. The Bertz CT molecular complexity index is 350. The average molecular weight is 235 g/mol. The first-order valence-electron chi connectivity index (χ1n) is 5.99. The molecule has 0 saturated carbocycles. The molecular formula is C11H17N5O. The molecule has 0 aromatic carbocycles. The maximum Gasteiger partial charge on any atom is 0.249 e. The number of hydrogen-bond donors (Lipinski definition) is 2. The Hall–Kier alpha value is -1.56. The number of anilines is 1. The van der Waals surface area contributed by atoms with E-state index in [9.17, 15) is 4.79 Å². The summed E-state index contributed by atoms with van der Waals surface area (Å²) in [5.41, 5.74) is 0. The van der Waals surface area contributed by atoms with Gasteiger partial charge in [-0.1, -0.05) is 0 Å². The lowest BCUT2D eigenvalue weighted by Gasteiger charge is -2.22. The van der Waals surface area contributed by atoms with Gasteiger partial charge in [-0.25, -0.2) is 4.98 Å². The summed E-state index contributed by atoms with van der Waals surface area (Å²) in [6, 6.07) is 0. The number of nitrogens with zero attached hydrogens (tertiary/aromatic N) is 3. The zero-order valence-electron chi connectivity index (χ0n) is 9.72. The van der Waals surface area contributed by atoms with Crippen LogP contribution in [0.1, 0.15) is 25.7 Å². The van der Waals surface area contributed by atoms with Crippen molar-refractivity contribution in [1.82, 2.24) is 20.5 Å². The van der Waals surface area contributed by atoms with Crippen LogP contribution in [0.15, 0.2) is 12.4 Å². The molecule has 92 valence electrons. The molecule has 2 heterocycles. The maximum atomic E-state index is 11.6. The molecule has 2 rings (SSSR count). The van der Waals surface area contributed by atoms with Crippen LogP contribution in [0.5, 0.6) is 0 Å². The standard InChI is InChI=1S/C11H17N5O/c17-10(15-11-13-6-7-14-16-11)4-3-9-2-1-5-12-8-9/h6-7,9,12H,1-5,8H2,(H,13,15,16,17). The monoisotopic (exact) mass is 235 g/mol. The first-order chi connectivity index (χ1) is 8.34. The normalized spacial score (nSPS) is 19.9. The molecule has 1 aliphatic rings. The highest BCUT2D eigenvalue weighted by Gasteiger charge is 2.14. The van der Waals surface area contributed by atoms with Crippen LogP contribution in [0.25, 0.3) is 0 Å². The number of nitrogens with one attached hydrogen (secondary N) is 2. The first-order valence-corrected chi connectivity index (χ1v) is 5.99. The highest BCUT2D eigenvalue weighted by atomic mass is 16.1. The lowest BCUT2D eigenvalue weighted by molar-refractivity contribution is -0.116. The van der Waals surface area contributed by atoms with Gasteiger partial charge in [0, 0.05) is 6.42 Å². The largest absolute Gasteiger partial charge is 0.316 e. The minimum atomic E-state index is -0.0384. The van der Waals surface area contributed by atoms with Gasteiger partial charge in [0.1, 0.15) is 0 Å². The molecule has 1 atom stereocenters. The Morgan fingerprint density at radius 2 is 2.47 bits per heavy atom. The van der Waals surface area contributed by atoms with Crippen molar-refractivity contribution >= 4 is 11.9 Å². The molecule has 1 aliphatic heterocycles. The minimum Gasteiger partial charge on any atom is -0.316 e. The molecule has 1 aromatic rings. The Morgan fingerprint density at radius 3 is 3.18 bits per heavy atom. The Labute approximate surface area is 100 Å². The van der Waals surface area contributed by atoms with Crippen LogP contribution in [0, 0.1) is 5.92 Å². The summed E-state index contributed by atoms with van der Waals surface area (Å²) in [5, 5.41) is 13.3. The highest BCUT2D eigenvalue weighted by Crippen LogP contribution is 2.15. The van der Waals surface area contributed by atoms with E-state index in [1.54, 1.807) is 0 Å². The fraction of sp³-hybridized carbons (Fsp3) is 0.636. The zero-order valence-corrected chi connectivity index (χ0v) is 9.72. The molecule has 1 amide bonds. The summed E-state index contributed by atoms with van der Waals surface area (Å²) in [6.07, 6.45) is 6.84. The molecule has 6 heteroatoms. The van der Waals surface area contributed by atoms with Crippen molar-refractivity contribution in [3.8, 4) is 0 Å². The number of piperidine rings is 1. The van der Waals surface area contributed by atoms with Gasteiger partial charge in [0.05, 0.1) is 12.4 Å². The molecule has 6 nitrogen and oxygen atoms in total. The summed E-state index contributed by atoms with van der Waals surface area (Å²) >= 11 is 0. The van der Waals surface area contributed by atoms with Crippen molar-refractivity contribution in [1.29, 1.82) is 0 Å². The molecule has 1 unspecified atom stereocenters. The first kappa shape index (κ1) is 11.9. The zero-order chi connectivity index (χ0) is 11.9. The number of hydrogen-bond acceptors (Lipinski definition) is 5. The topological polar surface area (TPSA) is 79.8 Å². The molecule has 1 fully saturated rings. The Kier molecular flexibility index (Phi) is 4.37. The predicted molar refractivity (Wildman–Crippen MR) is 63.3 cm³/mol. The number of carbonyl (C=O) groups excluding carboxylic acids is 1. The summed E-state index contributed by atoms with van der Waals surface area (Å²) < 4.78 is 0. The fourth-order valence-corrected chi connectivity index (χ4v) is 2.00. The van der Waals surface area contributed by atoms with E-state index >= 15 is 0 Å². The van der Waals surface area contributed by atoms with E-state index in [0.29, 0.717) is 12.3 Å². The third-order valence-electron chi connectivity index (χ3n) is 2.91. The van der Waals surface area contributed by atoms with Crippen LogP contribution < -0.4 is 10.6 Å². The van der Waals surface area contributed by atoms with Gasteiger partial charge in [0.2, 0.25) is 11.9 Å². The van der Waals surface area contributed by atoms with E-state index in [1.165, 1.54) is 25.2 Å². The summed E-state index contributed by atoms with van der Waals surface area (Å²) in [4.78, 5) is 15.5.